The van der Waals surface area contributed by atoms with Gasteiger partial charge in [-0.3, -0.25) is 9.48 Å². The first-order chi connectivity index (χ1) is 10.7. The first-order valence-corrected chi connectivity index (χ1v) is 7.27. The van der Waals surface area contributed by atoms with Crippen LogP contribution in [0.4, 0.5) is 0 Å². The third-order valence-corrected chi connectivity index (χ3v) is 4.08. The van der Waals surface area contributed by atoms with E-state index in [1.54, 1.807) is 17.9 Å². The van der Waals surface area contributed by atoms with Gasteiger partial charge >= 0.3 is 0 Å². The van der Waals surface area contributed by atoms with Crippen molar-refractivity contribution >= 4 is 5.91 Å². The monoisotopic (exact) mass is 301 g/mol. The number of methoxy groups -OCH3 is 1. The Labute approximate surface area is 128 Å². The van der Waals surface area contributed by atoms with Gasteiger partial charge in [-0.15, -0.1) is 0 Å². The number of carbonyl (C=O) groups excluding carboxylic acids is 1. The molecule has 3 heterocycles. The molecule has 7 heteroatoms. The first kappa shape index (κ1) is 14.6. The van der Waals surface area contributed by atoms with E-state index in [2.05, 4.69) is 15.3 Å². The molecule has 116 valence electrons. The molecule has 0 spiro atoms. The van der Waals surface area contributed by atoms with Gasteiger partial charge in [-0.05, 0) is 24.5 Å². The molecule has 0 N–H and O–H groups in total. The molecule has 2 atom stereocenters. The molecule has 1 amide bonds. The molecule has 2 aromatic heterocycles. The topological polar surface area (TPSA) is 73.1 Å². The van der Waals surface area contributed by atoms with Gasteiger partial charge in [0.15, 0.2) is 0 Å². The number of ether oxygens (including phenoxy) is 1. The highest BCUT2D eigenvalue weighted by molar-refractivity contribution is 5.94. The maximum absolute atomic E-state index is 12.7. The molecule has 1 saturated heterocycles. The van der Waals surface area contributed by atoms with Gasteiger partial charge in [0.1, 0.15) is 0 Å². The molecule has 7 nitrogen and oxygen atoms in total. The Morgan fingerprint density at radius 3 is 2.91 bits per heavy atom. The van der Waals surface area contributed by atoms with Crippen molar-refractivity contribution in [2.45, 2.75) is 25.0 Å². The Balaban J connectivity index is 1.81. The van der Waals surface area contributed by atoms with E-state index in [4.69, 9.17) is 4.74 Å². The molecule has 0 unspecified atom stereocenters. The number of nitrogens with zero attached hydrogens (tertiary/aromatic N) is 5. The highest BCUT2D eigenvalue weighted by Crippen LogP contribution is 2.25. The van der Waals surface area contributed by atoms with Crippen LogP contribution in [0, 0.1) is 0 Å². The van der Waals surface area contributed by atoms with E-state index >= 15 is 0 Å². The zero-order valence-electron chi connectivity index (χ0n) is 12.7. The minimum Gasteiger partial charge on any atom is -0.379 e. The number of hydrogen-bond donors (Lipinski definition) is 0. The zero-order valence-corrected chi connectivity index (χ0v) is 12.7. The van der Waals surface area contributed by atoms with Crippen LogP contribution >= 0.6 is 0 Å². The summed E-state index contributed by atoms with van der Waals surface area (Å²) in [5.74, 6) is -0.0247. The lowest BCUT2D eigenvalue weighted by atomic mass is 10.0. The van der Waals surface area contributed by atoms with Gasteiger partial charge in [0.25, 0.3) is 5.91 Å². The van der Waals surface area contributed by atoms with Crippen molar-refractivity contribution in [1.82, 2.24) is 24.9 Å². The van der Waals surface area contributed by atoms with E-state index in [9.17, 15) is 4.79 Å². The summed E-state index contributed by atoms with van der Waals surface area (Å²) in [6.45, 7) is 0.685. The number of likely N-dealkylation sites (tertiary alicyclic amines) is 1. The molecule has 0 radical (unpaired) electrons. The quantitative estimate of drug-likeness (QED) is 0.830. The van der Waals surface area contributed by atoms with Gasteiger partial charge in [-0.2, -0.15) is 15.3 Å². The average molecular weight is 301 g/mol. The molecule has 1 aliphatic heterocycles. The standard InChI is InChI=1S/C15H19N5O2/c1-19-10-11(8-18-19)7-13-14(22-2)4-6-20(13)15(21)12-3-5-16-17-9-12/h3,5,8-10,13-14H,4,6-7H2,1-2H3/t13-,14-/m1/s1. The van der Waals surface area contributed by atoms with E-state index in [-0.39, 0.29) is 18.1 Å². The van der Waals surface area contributed by atoms with Crippen molar-refractivity contribution in [1.29, 1.82) is 0 Å². The van der Waals surface area contributed by atoms with Crippen molar-refractivity contribution in [3.63, 3.8) is 0 Å². The van der Waals surface area contributed by atoms with Crippen LogP contribution in [-0.2, 0) is 18.2 Å². The number of amides is 1. The van der Waals surface area contributed by atoms with Gasteiger partial charge in [-0.1, -0.05) is 0 Å². The van der Waals surface area contributed by atoms with Crippen molar-refractivity contribution in [2.24, 2.45) is 7.05 Å². The van der Waals surface area contributed by atoms with Crippen LogP contribution in [0.5, 0.6) is 0 Å². The van der Waals surface area contributed by atoms with Gasteiger partial charge in [-0.25, -0.2) is 0 Å². The smallest absolute Gasteiger partial charge is 0.255 e. The van der Waals surface area contributed by atoms with Crippen LogP contribution in [0.2, 0.25) is 0 Å². The van der Waals surface area contributed by atoms with Gasteiger partial charge in [0.05, 0.1) is 36.3 Å². The maximum Gasteiger partial charge on any atom is 0.255 e. The van der Waals surface area contributed by atoms with Crippen molar-refractivity contribution in [3.05, 3.63) is 42.0 Å². The summed E-state index contributed by atoms with van der Waals surface area (Å²) in [6.07, 6.45) is 8.46. The third kappa shape index (κ3) is 2.85. The maximum atomic E-state index is 12.7. The molecule has 0 aromatic carbocycles. The fourth-order valence-corrected chi connectivity index (χ4v) is 3.00. The van der Waals surface area contributed by atoms with Gasteiger partial charge < -0.3 is 9.64 Å². The first-order valence-electron chi connectivity index (χ1n) is 7.27. The van der Waals surface area contributed by atoms with Crippen molar-refractivity contribution < 1.29 is 9.53 Å². The third-order valence-electron chi connectivity index (χ3n) is 4.08. The van der Waals surface area contributed by atoms with Crippen LogP contribution in [0.3, 0.4) is 0 Å². The molecule has 1 fully saturated rings. The van der Waals surface area contributed by atoms with E-state index in [1.807, 2.05) is 24.3 Å². The van der Waals surface area contributed by atoms with Gasteiger partial charge in [0, 0.05) is 26.9 Å². The molecular weight excluding hydrogens is 282 g/mol. The minimum absolute atomic E-state index is 0.00913. The second kappa shape index (κ2) is 6.23. The van der Waals surface area contributed by atoms with Crippen LogP contribution in [0.15, 0.2) is 30.9 Å². The average Bonchev–Trinajstić information content (AvgIpc) is 3.14. The van der Waals surface area contributed by atoms with Crippen LogP contribution < -0.4 is 0 Å². The number of carbonyl (C=O) groups is 1. The zero-order chi connectivity index (χ0) is 15.5. The Hall–Kier alpha value is -2.28. The molecule has 3 rings (SSSR count). The van der Waals surface area contributed by atoms with E-state index < -0.39 is 0 Å². The summed E-state index contributed by atoms with van der Waals surface area (Å²) in [4.78, 5) is 14.6. The SMILES string of the molecule is CO[C@@H]1CCN(C(=O)c2ccnnc2)[C@@H]1Cc1cnn(C)c1. The second-order valence-corrected chi connectivity index (χ2v) is 5.49. The summed E-state index contributed by atoms with van der Waals surface area (Å²) in [6, 6.07) is 1.70. The normalized spacial score (nSPS) is 21.3. The molecule has 0 bridgehead atoms. The highest BCUT2D eigenvalue weighted by atomic mass is 16.5. The van der Waals surface area contributed by atoms with E-state index in [1.165, 1.54) is 12.4 Å². The van der Waals surface area contributed by atoms with Crippen LogP contribution in [-0.4, -0.2) is 56.6 Å². The lowest BCUT2D eigenvalue weighted by molar-refractivity contribution is 0.0508. The fraction of sp³-hybridized carbons (Fsp3) is 0.467. The lowest BCUT2D eigenvalue weighted by Crippen LogP contribution is -2.41. The summed E-state index contributed by atoms with van der Waals surface area (Å²) < 4.78 is 7.34. The highest BCUT2D eigenvalue weighted by Gasteiger charge is 2.37. The predicted octanol–water partition coefficient (Wildman–Crippen LogP) is 0.682. The number of aryl methyl sites for hydroxylation is 1. The second-order valence-electron chi connectivity index (χ2n) is 5.49. The fourth-order valence-electron chi connectivity index (χ4n) is 3.00. The molecule has 2 aromatic rings. The Bertz CT molecular complexity index is 642. The lowest BCUT2D eigenvalue weighted by Gasteiger charge is -2.27. The van der Waals surface area contributed by atoms with Crippen LogP contribution in [0.1, 0.15) is 22.3 Å². The van der Waals surface area contributed by atoms with Gasteiger partial charge in [0.2, 0.25) is 0 Å². The summed E-state index contributed by atoms with van der Waals surface area (Å²) in [7, 11) is 3.58. The summed E-state index contributed by atoms with van der Waals surface area (Å²) >= 11 is 0. The molecule has 22 heavy (non-hydrogen) atoms. The summed E-state index contributed by atoms with van der Waals surface area (Å²) in [5, 5.41) is 11.7. The Kier molecular flexibility index (Phi) is 4.15. The largest absolute Gasteiger partial charge is 0.379 e. The van der Waals surface area contributed by atoms with Crippen molar-refractivity contribution in [2.75, 3.05) is 13.7 Å². The minimum atomic E-state index is -0.0247. The van der Waals surface area contributed by atoms with E-state index in [0.29, 0.717) is 12.1 Å². The number of aromatic nitrogens is 4. The van der Waals surface area contributed by atoms with Crippen LogP contribution in [0.25, 0.3) is 0 Å². The summed E-state index contributed by atoms with van der Waals surface area (Å²) in [5.41, 5.74) is 1.66. The Morgan fingerprint density at radius 1 is 1.41 bits per heavy atom. The van der Waals surface area contributed by atoms with Crippen molar-refractivity contribution in [3.8, 4) is 0 Å². The Morgan fingerprint density at radius 2 is 2.27 bits per heavy atom. The molecular formula is C15H19N5O2. The molecule has 0 saturated carbocycles. The molecule has 1 aliphatic rings. The van der Waals surface area contributed by atoms with E-state index in [0.717, 1.165) is 18.4 Å². The number of rotatable bonds is 4. The predicted molar refractivity (Wildman–Crippen MR) is 79.2 cm³/mol. The number of hydrogen-bond acceptors (Lipinski definition) is 5. The molecule has 0 aliphatic carbocycles.